The van der Waals surface area contributed by atoms with Gasteiger partial charge in [0.05, 0.1) is 0 Å². The van der Waals surface area contributed by atoms with Crippen LogP contribution in [0.5, 0.6) is 0 Å². The van der Waals surface area contributed by atoms with Gasteiger partial charge in [-0.2, -0.15) is 0 Å². The number of hydrogen-bond donors (Lipinski definition) is 1. The fraction of sp³-hybridized carbons (Fsp3) is 0. The Kier molecular flexibility index (Phi) is 156. The second-order valence-corrected chi connectivity index (χ2v) is 0.105. The summed E-state index contributed by atoms with van der Waals surface area (Å²) in [7, 11) is 0. The van der Waals surface area contributed by atoms with E-state index in [-0.39, 0.29) is 63.5 Å². The molecule has 1 N–H and O–H groups in total. The van der Waals surface area contributed by atoms with Crippen LogP contribution in [0.3, 0.4) is 0 Å². The van der Waals surface area contributed by atoms with Crippen LogP contribution in [0.2, 0.25) is 0 Å². The molecule has 0 aliphatic carbocycles. The molecule has 0 spiro atoms. The van der Waals surface area contributed by atoms with E-state index in [1.165, 1.54) is 0 Å². The number of rotatable bonds is 0. The number of carboxylic acid groups (broad SMARTS) is 1. The first-order valence-electron chi connectivity index (χ1n) is 0.494. The van der Waals surface area contributed by atoms with E-state index in [1.807, 2.05) is 0 Å². The summed E-state index contributed by atoms with van der Waals surface area (Å²) in [5.41, 5.74) is 0. The van der Waals surface area contributed by atoms with Gasteiger partial charge < -0.3 is 39.1 Å². The molecule has 0 atom stereocenters. The molecule has 0 heterocycles. The molecular weight excluding hydrogens is 228 g/mol. The Morgan fingerprint density at radius 2 is 1.33 bits per heavy atom. The predicted molar refractivity (Wildman–Crippen MR) is 14.4 cm³/mol. The van der Waals surface area contributed by atoms with Gasteiger partial charge in [-0.25, -0.2) is 0 Å². The van der Waals surface area contributed by atoms with Crippen molar-refractivity contribution in [2.24, 2.45) is 0 Å². The summed E-state index contributed by atoms with van der Waals surface area (Å²) in [6, 6.07) is 0. The number of halogens is 2. The molecule has 0 aromatic rings. The molecule has 6 heavy (non-hydrogen) atoms. The molecule has 0 unspecified atom stereocenters. The molecule has 0 radical (unpaired) electrons. The number of hydrogen-bond acceptors (Lipinski definition) is 1. The minimum Gasteiger partial charge on any atom is -1.00 e. The molecular formula is CH2Br2MgO2. The summed E-state index contributed by atoms with van der Waals surface area (Å²) in [5.74, 6) is 0. The summed E-state index contributed by atoms with van der Waals surface area (Å²) in [5, 5.41) is 6.89. The van der Waals surface area contributed by atoms with Crippen LogP contribution in [0.4, 0.5) is 0 Å². The summed E-state index contributed by atoms with van der Waals surface area (Å²) < 4.78 is 0. The van der Waals surface area contributed by atoms with E-state index in [9.17, 15) is 0 Å². The molecule has 0 aromatic heterocycles. The molecule has 2 nitrogen and oxygen atoms in total. The van der Waals surface area contributed by atoms with Gasteiger partial charge in [0.2, 0.25) is 0 Å². The van der Waals surface area contributed by atoms with Crippen LogP contribution < -0.4 is 34.0 Å². The van der Waals surface area contributed by atoms with E-state index in [0.717, 1.165) is 0 Å². The predicted octanol–water partition coefficient (Wildman–Crippen LogP) is -6.67. The topological polar surface area (TPSA) is 37.3 Å². The second kappa shape index (κ2) is 34.7. The molecule has 0 saturated carbocycles. The van der Waals surface area contributed by atoms with E-state index in [2.05, 4.69) is 0 Å². The van der Waals surface area contributed by atoms with Gasteiger partial charge in [0, 0.05) is 0 Å². The van der Waals surface area contributed by atoms with Crippen LogP contribution in [0.1, 0.15) is 0 Å². The summed E-state index contributed by atoms with van der Waals surface area (Å²) in [4.78, 5) is 8.36. The van der Waals surface area contributed by atoms with Crippen LogP contribution in [0.15, 0.2) is 0 Å². The van der Waals surface area contributed by atoms with Gasteiger partial charge in [0.15, 0.2) is 0 Å². The SMILES string of the molecule is O=CO.[Br-].[Br-].[Mg+2]. The summed E-state index contributed by atoms with van der Waals surface area (Å²) in [6.07, 6.45) is 0. The van der Waals surface area contributed by atoms with Crippen molar-refractivity contribution in [2.75, 3.05) is 0 Å². The summed E-state index contributed by atoms with van der Waals surface area (Å²) in [6.45, 7) is -0.250. The molecule has 0 rings (SSSR count). The standard InChI is InChI=1S/CH2O2.2BrH.Mg/c2-1-3;;;/h1H,(H,2,3);2*1H;/q;;;+2/p-2. The Hall–Kier alpha value is 1.20. The Morgan fingerprint density at radius 1 is 1.33 bits per heavy atom. The molecule has 34 valence electrons. The smallest absolute Gasteiger partial charge is 1.00 e. The van der Waals surface area contributed by atoms with E-state index in [1.54, 1.807) is 0 Å². The minimum atomic E-state index is -0.250. The second-order valence-electron chi connectivity index (χ2n) is 0.105. The van der Waals surface area contributed by atoms with Crippen molar-refractivity contribution in [1.82, 2.24) is 0 Å². The third-order valence-electron chi connectivity index (χ3n) is 0. The fourth-order valence-corrected chi connectivity index (χ4v) is 0. The molecule has 0 amide bonds. The third kappa shape index (κ3) is 63.9. The first-order valence-corrected chi connectivity index (χ1v) is 0.494. The molecule has 0 saturated heterocycles. The van der Waals surface area contributed by atoms with Gasteiger partial charge in [0.25, 0.3) is 6.47 Å². The van der Waals surface area contributed by atoms with Gasteiger partial charge in [-0.15, -0.1) is 0 Å². The molecule has 0 aliphatic rings. The molecule has 0 aliphatic heterocycles. The maximum atomic E-state index is 8.36. The molecule has 0 aromatic carbocycles. The van der Waals surface area contributed by atoms with Crippen molar-refractivity contribution in [2.45, 2.75) is 0 Å². The monoisotopic (exact) mass is 228 g/mol. The van der Waals surface area contributed by atoms with Crippen LogP contribution in [-0.2, 0) is 4.79 Å². The molecule has 0 bridgehead atoms. The Balaban J connectivity index is -0.00000000667. The Bertz CT molecular complexity index is 19.0. The van der Waals surface area contributed by atoms with E-state index in [4.69, 9.17) is 9.90 Å². The number of carbonyl (C=O) groups is 1. The maximum Gasteiger partial charge on any atom is 2.00 e. The Labute approximate surface area is 73.0 Å². The average Bonchev–Trinajstić information content (AvgIpc) is 0.918. The van der Waals surface area contributed by atoms with Crippen molar-refractivity contribution >= 4 is 29.5 Å². The zero-order valence-corrected chi connectivity index (χ0v) is 7.48. The zero-order valence-electron chi connectivity index (χ0n) is 2.90. The van der Waals surface area contributed by atoms with Gasteiger partial charge in [-0.1, -0.05) is 0 Å². The minimum absolute atomic E-state index is 0. The first-order chi connectivity index (χ1) is 1.41. The molecule has 5 heteroatoms. The van der Waals surface area contributed by atoms with Gasteiger partial charge in [0.1, 0.15) is 0 Å². The third-order valence-corrected chi connectivity index (χ3v) is 0. The van der Waals surface area contributed by atoms with E-state index < -0.39 is 0 Å². The van der Waals surface area contributed by atoms with Crippen molar-refractivity contribution in [3.8, 4) is 0 Å². The average molecular weight is 230 g/mol. The van der Waals surface area contributed by atoms with Gasteiger partial charge in [-0.3, -0.25) is 4.79 Å². The first kappa shape index (κ1) is 27.0. The fourth-order valence-electron chi connectivity index (χ4n) is 0. The Morgan fingerprint density at radius 3 is 1.33 bits per heavy atom. The van der Waals surface area contributed by atoms with Crippen molar-refractivity contribution in [3.05, 3.63) is 0 Å². The maximum absolute atomic E-state index is 8.36. The quantitative estimate of drug-likeness (QED) is 0.332. The van der Waals surface area contributed by atoms with Crippen molar-refractivity contribution < 1.29 is 43.9 Å². The van der Waals surface area contributed by atoms with Gasteiger partial charge >= 0.3 is 23.1 Å². The van der Waals surface area contributed by atoms with Crippen LogP contribution in [0, 0.1) is 0 Å². The molecule has 0 fully saturated rings. The van der Waals surface area contributed by atoms with E-state index >= 15 is 0 Å². The van der Waals surface area contributed by atoms with Crippen LogP contribution in [-0.4, -0.2) is 34.6 Å². The van der Waals surface area contributed by atoms with Crippen molar-refractivity contribution in [1.29, 1.82) is 0 Å². The zero-order chi connectivity index (χ0) is 2.71. The van der Waals surface area contributed by atoms with Crippen LogP contribution in [0.25, 0.3) is 0 Å². The largest absolute Gasteiger partial charge is 2.00 e. The summed E-state index contributed by atoms with van der Waals surface area (Å²) >= 11 is 0. The van der Waals surface area contributed by atoms with E-state index in [0.29, 0.717) is 0 Å². The van der Waals surface area contributed by atoms with Crippen molar-refractivity contribution in [3.63, 3.8) is 0 Å². The van der Waals surface area contributed by atoms with Gasteiger partial charge in [-0.05, 0) is 0 Å². The normalized spacial score (nSPS) is 2.00. The van der Waals surface area contributed by atoms with Crippen LogP contribution >= 0.6 is 0 Å².